The fourth-order valence-electron chi connectivity index (χ4n) is 2.81. The van der Waals surface area contributed by atoms with Crippen molar-refractivity contribution in [1.29, 1.82) is 0 Å². The third-order valence-corrected chi connectivity index (χ3v) is 5.95. The number of sulfonamides is 1. The second-order valence-corrected chi connectivity index (χ2v) is 9.85. The summed E-state index contributed by atoms with van der Waals surface area (Å²) in [6.45, 7) is 4.07. The van der Waals surface area contributed by atoms with Crippen molar-refractivity contribution in [3.8, 4) is 0 Å². The molecule has 0 aliphatic heterocycles. The number of carbonyl (C=O) groups excluding carboxylic acids is 1. The summed E-state index contributed by atoms with van der Waals surface area (Å²) in [6, 6.07) is 6.37. The molecule has 1 saturated carbocycles. The molecule has 1 aromatic rings. The van der Waals surface area contributed by atoms with Crippen LogP contribution in [0, 0.1) is 5.41 Å². The maximum atomic E-state index is 12.2. The fraction of sp³-hybridized carbons (Fsp3) is 0.471. The van der Waals surface area contributed by atoms with Crippen LogP contribution in [0.4, 0.5) is 5.69 Å². The smallest absolute Gasteiger partial charge is 0.242 e. The summed E-state index contributed by atoms with van der Waals surface area (Å²) < 4.78 is 25.5. The topological polar surface area (TPSA) is 90.9 Å². The second kappa shape index (κ2) is 7.81. The first-order valence-corrected chi connectivity index (χ1v) is 10.0. The van der Waals surface area contributed by atoms with Crippen LogP contribution in [-0.4, -0.2) is 43.4 Å². The highest BCUT2D eigenvalue weighted by molar-refractivity contribution is 7.89. The Morgan fingerprint density at radius 1 is 1.27 bits per heavy atom. The summed E-state index contributed by atoms with van der Waals surface area (Å²) in [5.74, 6) is 0.169. The van der Waals surface area contributed by atoms with Crippen LogP contribution in [0.1, 0.15) is 33.1 Å². The van der Waals surface area contributed by atoms with Crippen molar-refractivity contribution in [2.75, 3.05) is 19.4 Å². The summed E-state index contributed by atoms with van der Waals surface area (Å²) in [4.78, 5) is 12.0. The van der Waals surface area contributed by atoms with E-state index in [4.69, 9.17) is 12.2 Å². The SMILES string of the molecule is CN(C)S(=O)(=O)c1cccc(NC(=S)N/N=C2/CC(=O)CC(C)(C)C2)c1. The third-order valence-electron chi connectivity index (χ3n) is 3.95. The Morgan fingerprint density at radius 3 is 2.58 bits per heavy atom. The van der Waals surface area contributed by atoms with Crippen LogP contribution in [-0.2, 0) is 14.8 Å². The van der Waals surface area contributed by atoms with Crippen LogP contribution in [0.15, 0.2) is 34.3 Å². The van der Waals surface area contributed by atoms with Crippen LogP contribution in [0.25, 0.3) is 0 Å². The van der Waals surface area contributed by atoms with Gasteiger partial charge in [-0.2, -0.15) is 5.10 Å². The van der Waals surface area contributed by atoms with Crippen LogP contribution < -0.4 is 10.7 Å². The molecule has 26 heavy (non-hydrogen) atoms. The minimum absolute atomic E-state index is 0.0975. The van der Waals surface area contributed by atoms with Gasteiger partial charge in [0.15, 0.2) is 5.11 Å². The highest BCUT2D eigenvalue weighted by Crippen LogP contribution is 2.31. The molecule has 0 unspecified atom stereocenters. The van der Waals surface area contributed by atoms with Gasteiger partial charge < -0.3 is 5.32 Å². The van der Waals surface area contributed by atoms with E-state index in [1.807, 2.05) is 13.8 Å². The van der Waals surface area contributed by atoms with Gasteiger partial charge in [-0.25, -0.2) is 12.7 Å². The summed E-state index contributed by atoms with van der Waals surface area (Å²) in [7, 11) is -0.565. The molecular formula is C17H24N4O3S2. The largest absolute Gasteiger partial charge is 0.331 e. The van der Waals surface area contributed by atoms with Gasteiger partial charge in [0.2, 0.25) is 10.0 Å². The standard InChI is InChI=1S/C17H24N4O3S2/c1-17(2)10-13(8-14(22)11-17)19-20-16(25)18-12-6-5-7-15(9-12)26(23,24)21(3)4/h5-7,9H,8,10-11H2,1-4H3,(H2,18,20,25)/b19-13-. The maximum Gasteiger partial charge on any atom is 0.242 e. The summed E-state index contributed by atoms with van der Waals surface area (Å²) in [5, 5.41) is 7.38. The molecule has 0 spiro atoms. The lowest BCUT2D eigenvalue weighted by Crippen LogP contribution is -2.32. The van der Waals surface area contributed by atoms with Crippen LogP contribution in [0.5, 0.6) is 0 Å². The van der Waals surface area contributed by atoms with Gasteiger partial charge in [-0.05, 0) is 42.3 Å². The molecule has 142 valence electrons. The Labute approximate surface area is 159 Å². The number of nitrogens with zero attached hydrogens (tertiary/aromatic N) is 2. The highest BCUT2D eigenvalue weighted by Gasteiger charge is 2.30. The van der Waals surface area contributed by atoms with E-state index in [9.17, 15) is 13.2 Å². The van der Waals surface area contributed by atoms with E-state index in [-0.39, 0.29) is 21.2 Å². The van der Waals surface area contributed by atoms with Crippen LogP contribution in [0.2, 0.25) is 0 Å². The number of rotatable bonds is 4. The lowest BCUT2D eigenvalue weighted by molar-refractivity contribution is -0.120. The molecule has 1 aliphatic rings. The van der Waals surface area contributed by atoms with Gasteiger partial charge in [-0.1, -0.05) is 19.9 Å². The molecule has 0 bridgehead atoms. The summed E-state index contributed by atoms with van der Waals surface area (Å²) in [5.41, 5.74) is 3.94. The molecule has 0 amide bonds. The van der Waals surface area contributed by atoms with Crippen molar-refractivity contribution in [2.45, 2.75) is 38.0 Å². The molecular weight excluding hydrogens is 372 g/mol. The molecule has 0 radical (unpaired) electrons. The molecule has 0 saturated heterocycles. The average molecular weight is 397 g/mol. The first-order chi connectivity index (χ1) is 12.0. The lowest BCUT2D eigenvalue weighted by atomic mass is 9.76. The molecule has 7 nitrogen and oxygen atoms in total. The molecule has 0 heterocycles. The van der Waals surface area contributed by atoms with Gasteiger partial charge in [0.1, 0.15) is 5.78 Å². The number of hydrogen-bond acceptors (Lipinski definition) is 5. The lowest BCUT2D eigenvalue weighted by Gasteiger charge is -2.29. The number of anilines is 1. The number of hydrogen-bond donors (Lipinski definition) is 2. The van der Waals surface area contributed by atoms with E-state index < -0.39 is 10.0 Å². The van der Waals surface area contributed by atoms with Gasteiger partial charge in [-0.3, -0.25) is 10.2 Å². The minimum atomic E-state index is -3.52. The number of hydrazone groups is 1. The zero-order valence-electron chi connectivity index (χ0n) is 15.4. The molecule has 0 atom stereocenters. The summed E-state index contributed by atoms with van der Waals surface area (Å²) >= 11 is 5.21. The first kappa shape index (κ1) is 20.5. The number of thiocarbonyl (C=S) groups is 1. The Bertz CT molecular complexity index is 845. The normalized spacial score (nSPS) is 18.8. The first-order valence-electron chi connectivity index (χ1n) is 8.16. The Hall–Kier alpha value is -1.84. The number of carbonyl (C=O) groups is 1. The zero-order chi connectivity index (χ0) is 19.5. The number of nitrogens with one attached hydrogen (secondary N) is 2. The van der Waals surface area contributed by atoms with E-state index in [2.05, 4.69) is 15.8 Å². The molecule has 0 aromatic heterocycles. The zero-order valence-corrected chi connectivity index (χ0v) is 17.0. The number of ketones is 1. The number of benzene rings is 1. The second-order valence-electron chi connectivity index (χ2n) is 7.29. The average Bonchev–Trinajstić information content (AvgIpc) is 2.51. The van der Waals surface area contributed by atoms with Crippen LogP contribution in [0.3, 0.4) is 0 Å². The molecule has 1 aliphatic carbocycles. The van der Waals surface area contributed by atoms with E-state index >= 15 is 0 Å². The van der Waals surface area contributed by atoms with Gasteiger partial charge in [0.25, 0.3) is 0 Å². The monoisotopic (exact) mass is 396 g/mol. The van der Waals surface area contributed by atoms with E-state index in [1.54, 1.807) is 12.1 Å². The van der Waals surface area contributed by atoms with E-state index in [0.717, 1.165) is 16.4 Å². The highest BCUT2D eigenvalue weighted by atomic mass is 32.2. The van der Waals surface area contributed by atoms with E-state index in [0.29, 0.717) is 18.5 Å². The van der Waals surface area contributed by atoms with Crippen molar-refractivity contribution >= 4 is 44.5 Å². The molecule has 1 fully saturated rings. The van der Waals surface area contributed by atoms with Gasteiger partial charge in [0.05, 0.1) is 4.90 Å². The Kier molecular flexibility index (Phi) is 6.15. The number of Topliss-reactive ketones (excluding diaryl/α,β-unsaturated/α-hetero) is 1. The molecule has 2 N–H and O–H groups in total. The molecule has 9 heteroatoms. The fourth-order valence-corrected chi connectivity index (χ4v) is 3.93. The third kappa shape index (κ3) is 5.33. The van der Waals surface area contributed by atoms with E-state index in [1.165, 1.54) is 26.2 Å². The van der Waals surface area contributed by atoms with Crippen molar-refractivity contribution in [3.05, 3.63) is 24.3 Å². The Morgan fingerprint density at radius 2 is 1.96 bits per heavy atom. The maximum absolute atomic E-state index is 12.2. The van der Waals surface area contributed by atoms with Crippen molar-refractivity contribution in [3.63, 3.8) is 0 Å². The predicted molar refractivity (Wildman–Crippen MR) is 107 cm³/mol. The molecule has 1 aromatic carbocycles. The van der Waals surface area contributed by atoms with Crippen molar-refractivity contribution in [2.24, 2.45) is 10.5 Å². The van der Waals surface area contributed by atoms with Crippen LogP contribution >= 0.6 is 12.2 Å². The van der Waals surface area contributed by atoms with Crippen molar-refractivity contribution in [1.82, 2.24) is 9.73 Å². The summed E-state index contributed by atoms with van der Waals surface area (Å²) in [6.07, 6.45) is 1.61. The predicted octanol–water partition coefficient (Wildman–Crippen LogP) is 2.36. The Balaban J connectivity index is 2.05. The van der Waals surface area contributed by atoms with Crippen molar-refractivity contribution < 1.29 is 13.2 Å². The van der Waals surface area contributed by atoms with Gasteiger partial charge in [-0.15, -0.1) is 0 Å². The van der Waals surface area contributed by atoms with Gasteiger partial charge in [0, 0.05) is 38.3 Å². The molecule has 2 rings (SSSR count). The quantitative estimate of drug-likeness (QED) is 0.600. The van der Waals surface area contributed by atoms with Gasteiger partial charge >= 0.3 is 0 Å². The minimum Gasteiger partial charge on any atom is -0.331 e.